The van der Waals surface area contributed by atoms with E-state index in [4.69, 9.17) is 10.2 Å². The molecule has 0 radical (unpaired) electrons. The molecule has 0 spiro atoms. The van der Waals surface area contributed by atoms with Gasteiger partial charge in [-0.2, -0.15) is 5.10 Å². The molecule has 0 aliphatic carbocycles. The predicted molar refractivity (Wildman–Crippen MR) is 73.1 cm³/mol. The third kappa shape index (κ3) is 3.00. The van der Waals surface area contributed by atoms with E-state index in [1.165, 1.54) is 10.7 Å². The van der Waals surface area contributed by atoms with Crippen LogP contribution in [0.4, 0.5) is 0 Å². The topological polar surface area (TPSA) is 117 Å². The maximum atomic E-state index is 12.2. The van der Waals surface area contributed by atoms with Crippen LogP contribution in [0, 0.1) is 13.8 Å². The zero-order chi connectivity index (χ0) is 15.6. The average molecular weight is 292 g/mol. The molecule has 1 amide bonds. The highest BCUT2D eigenvalue weighted by atomic mass is 16.4. The average Bonchev–Trinajstić information content (AvgIpc) is 2.80. The minimum atomic E-state index is -1.20. The largest absolute Gasteiger partial charge is 0.480 e. The van der Waals surface area contributed by atoms with Gasteiger partial charge in [0, 0.05) is 25.3 Å². The Balaban J connectivity index is 2.30. The van der Waals surface area contributed by atoms with Gasteiger partial charge in [-0.25, -0.2) is 14.3 Å². The monoisotopic (exact) mass is 292 g/mol. The van der Waals surface area contributed by atoms with Crippen LogP contribution in [0.1, 0.15) is 28.2 Å². The Bertz CT molecular complexity index is 695. The smallest absolute Gasteiger partial charge is 0.326 e. The van der Waals surface area contributed by atoms with E-state index in [2.05, 4.69) is 15.4 Å². The zero-order valence-electron chi connectivity index (χ0n) is 11.7. The molecule has 8 nitrogen and oxygen atoms in total. The summed E-state index contributed by atoms with van der Waals surface area (Å²) < 4.78 is 1.53. The lowest BCUT2D eigenvalue weighted by Crippen LogP contribution is -2.41. The second-order valence-corrected chi connectivity index (χ2v) is 4.69. The lowest BCUT2D eigenvalue weighted by atomic mass is 10.1. The van der Waals surface area contributed by atoms with Crippen molar-refractivity contribution < 1.29 is 19.8 Å². The number of aromatic nitrogens is 3. The molecular weight excluding hydrogens is 276 g/mol. The number of fused-ring (bicyclic) bond motifs is 1. The van der Waals surface area contributed by atoms with Gasteiger partial charge in [-0.3, -0.25) is 4.79 Å². The summed E-state index contributed by atoms with van der Waals surface area (Å²) in [6.07, 6.45) is 1.33. The zero-order valence-corrected chi connectivity index (χ0v) is 11.7. The molecule has 0 aliphatic rings. The summed E-state index contributed by atoms with van der Waals surface area (Å²) in [4.78, 5) is 27.3. The van der Waals surface area contributed by atoms with Gasteiger partial charge in [0.05, 0.1) is 17.0 Å². The third-order valence-electron chi connectivity index (χ3n) is 3.11. The highest BCUT2D eigenvalue weighted by molar-refractivity contribution is 5.97. The first-order valence-electron chi connectivity index (χ1n) is 6.40. The number of aliphatic carboxylic acids is 1. The molecule has 0 bridgehead atoms. The van der Waals surface area contributed by atoms with Crippen LogP contribution in [0.15, 0.2) is 12.3 Å². The highest BCUT2D eigenvalue weighted by Crippen LogP contribution is 2.11. The standard InChI is InChI=1S/C13H16N4O4/c1-7-5-11-14-6-9(8(2)17(11)16-7)12(19)15-10(3-4-18)13(20)21/h5-6,10,18H,3-4H2,1-2H3,(H,15,19)(H,20,21)/t10-/m0/s1. The molecule has 0 unspecified atom stereocenters. The third-order valence-corrected chi connectivity index (χ3v) is 3.11. The van der Waals surface area contributed by atoms with Gasteiger partial charge in [-0.1, -0.05) is 0 Å². The molecule has 8 heteroatoms. The summed E-state index contributed by atoms with van der Waals surface area (Å²) in [6, 6.07) is 0.637. The number of aliphatic hydroxyl groups excluding tert-OH is 1. The number of carbonyl (C=O) groups excluding carboxylic acids is 1. The van der Waals surface area contributed by atoms with E-state index in [1.807, 2.05) is 6.92 Å². The fourth-order valence-electron chi connectivity index (χ4n) is 2.01. The first kappa shape index (κ1) is 14.9. The Hall–Kier alpha value is -2.48. The Morgan fingerprint density at radius 2 is 2.14 bits per heavy atom. The number of rotatable bonds is 5. The van der Waals surface area contributed by atoms with E-state index in [9.17, 15) is 9.59 Å². The molecule has 2 aromatic heterocycles. The molecule has 3 N–H and O–H groups in total. The van der Waals surface area contributed by atoms with Crippen molar-refractivity contribution in [1.82, 2.24) is 19.9 Å². The van der Waals surface area contributed by atoms with Crippen LogP contribution < -0.4 is 5.32 Å². The molecule has 0 aliphatic heterocycles. The van der Waals surface area contributed by atoms with Crippen LogP contribution in [-0.2, 0) is 4.79 Å². The molecule has 2 rings (SSSR count). The van der Waals surface area contributed by atoms with Crippen LogP contribution in [0.25, 0.3) is 5.65 Å². The van der Waals surface area contributed by atoms with Gasteiger partial charge in [0.25, 0.3) is 5.91 Å². The molecule has 2 heterocycles. The number of nitrogens with one attached hydrogen (secondary N) is 1. The molecular formula is C13H16N4O4. The maximum Gasteiger partial charge on any atom is 0.326 e. The molecule has 0 saturated heterocycles. The van der Waals surface area contributed by atoms with Crippen molar-refractivity contribution in [2.75, 3.05) is 6.61 Å². The minimum absolute atomic E-state index is 0.0589. The summed E-state index contributed by atoms with van der Waals surface area (Å²) >= 11 is 0. The van der Waals surface area contributed by atoms with Gasteiger partial charge in [-0.15, -0.1) is 0 Å². The second kappa shape index (κ2) is 5.88. The predicted octanol–water partition coefficient (Wildman–Crippen LogP) is -0.0885. The van der Waals surface area contributed by atoms with Gasteiger partial charge in [0.1, 0.15) is 6.04 Å². The number of aliphatic hydroxyl groups is 1. The SMILES string of the molecule is Cc1cc2ncc(C(=O)N[C@@H](CCO)C(=O)O)c(C)n2n1. The van der Waals surface area contributed by atoms with Crippen molar-refractivity contribution in [2.24, 2.45) is 0 Å². The van der Waals surface area contributed by atoms with Gasteiger partial charge < -0.3 is 15.5 Å². The fraction of sp³-hybridized carbons (Fsp3) is 0.385. The first-order chi connectivity index (χ1) is 9.93. The molecule has 0 fully saturated rings. The van der Waals surface area contributed by atoms with Gasteiger partial charge in [0.2, 0.25) is 0 Å². The summed E-state index contributed by atoms with van der Waals surface area (Å²) in [5, 5.41) is 24.4. The van der Waals surface area contributed by atoms with Crippen LogP contribution in [0.2, 0.25) is 0 Å². The van der Waals surface area contributed by atoms with Crippen molar-refractivity contribution in [3.8, 4) is 0 Å². The fourth-order valence-corrected chi connectivity index (χ4v) is 2.01. The Kier molecular flexibility index (Phi) is 4.18. The number of amides is 1. The number of aryl methyl sites for hydroxylation is 2. The number of hydrogen-bond acceptors (Lipinski definition) is 5. The normalized spacial score (nSPS) is 12.3. The molecule has 2 aromatic rings. The Labute approximate surface area is 120 Å². The Morgan fingerprint density at radius 1 is 1.43 bits per heavy atom. The van der Waals surface area contributed by atoms with E-state index in [0.717, 1.165) is 5.69 Å². The van der Waals surface area contributed by atoms with Crippen LogP contribution >= 0.6 is 0 Å². The van der Waals surface area contributed by atoms with Gasteiger partial charge >= 0.3 is 5.97 Å². The second-order valence-electron chi connectivity index (χ2n) is 4.69. The molecule has 1 atom stereocenters. The quantitative estimate of drug-likeness (QED) is 0.709. The van der Waals surface area contributed by atoms with Crippen LogP contribution in [0.5, 0.6) is 0 Å². The maximum absolute atomic E-state index is 12.2. The molecule has 112 valence electrons. The van der Waals surface area contributed by atoms with E-state index in [-0.39, 0.29) is 18.6 Å². The van der Waals surface area contributed by atoms with Crippen molar-refractivity contribution in [1.29, 1.82) is 0 Å². The van der Waals surface area contributed by atoms with Crippen molar-refractivity contribution in [3.63, 3.8) is 0 Å². The van der Waals surface area contributed by atoms with Crippen molar-refractivity contribution in [2.45, 2.75) is 26.3 Å². The van der Waals surface area contributed by atoms with E-state index in [0.29, 0.717) is 11.3 Å². The number of carboxylic acid groups (broad SMARTS) is 1. The van der Waals surface area contributed by atoms with E-state index < -0.39 is 17.9 Å². The Morgan fingerprint density at radius 3 is 2.76 bits per heavy atom. The molecule has 21 heavy (non-hydrogen) atoms. The number of carbonyl (C=O) groups is 2. The molecule has 0 saturated carbocycles. The van der Waals surface area contributed by atoms with Crippen molar-refractivity contribution >= 4 is 17.5 Å². The van der Waals surface area contributed by atoms with Gasteiger partial charge in [0.15, 0.2) is 5.65 Å². The lowest BCUT2D eigenvalue weighted by molar-refractivity contribution is -0.139. The highest BCUT2D eigenvalue weighted by Gasteiger charge is 2.22. The van der Waals surface area contributed by atoms with E-state index in [1.54, 1.807) is 13.0 Å². The van der Waals surface area contributed by atoms with E-state index >= 15 is 0 Å². The van der Waals surface area contributed by atoms with Gasteiger partial charge in [-0.05, 0) is 13.8 Å². The number of nitrogens with zero attached hydrogens (tertiary/aromatic N) is 3. The minimum Gasteiger partial charge on any atom is -0.480 e. The van der Waals surface area contributed by atoms with Crippen LogP contribution in [-0.4, -0.2) is 49.3 Å². The number of hydrogen-bond donors (Lipinski definition) is 3. The number of carboxylic acids is 1. The first-order valence-corrected chi connectivity index (χ1v) is 6.40. The van der Waals surface area contributed by atoms with Crippen LogP contribution in [0.3, 0.4) is 0 Å². The summed E-state index contributed by atoms with van der Waals surface area (Å²) in [6.45, 7) is 3.19. The lowest BCUT2D eigenvalue weighted by Gasteiger charge is -2.14. The summed E-state index contributed by atoms with van der Waals surface area (Å²) in [5.74, 6) is -1.75. The molecule has 0 aromatic carbocycles. The van der Waals surface area contributed by atoms with Crippen molar-refractivity contribution in [3.05, 3.63) is 29.2 Å². The summed E-state index contributed by atoms with van der Waals surface area (Å²) in [5.41, 5.74) is 2.20. The summed E-state index contributed by atoms with van der Waals surface area (Å²) in [7, 11) is 0.